The Labute approximate surface area is 162 Å². The molecule has 2 amide bonds. The molecule has 0 bridgehead atoms. The summed E-state index contributed by atoms with van der Waals surface area (Å²) >= 11 is 6.19. The van der Waals surface area contributed by atoms with E-state index in [4.69, 9.17) is 26.3 Å². The van der Waals surface area contributed by atoms with E-state index in [2.05, 4.69) is 5.10 Å². The van der Waals surface area contributed by atoms with Crippen LogP contribution in [0, 0.1) is 6.92 Å². The standard InChI is InChI=1S/C17H18ClN3O5S/c1-3-25-15-9-12(10-20-21-17(19)22)8-14(18)16(15)26-27(23,24)13-6-4-11(2)5-7-13/h4-10H,3H2,1-2H3,(H3,19,21,22)/b20-10-. The fourth-order valence-corrected chi connectivity index (χ4v) is 3.30. The lowest BCUT2D eigenvalue weighted by molar-refractivity contribution is 0.249. The van der Waals surface area contributed by atoms with Gasteiger partial charge in [0.05, 0.1) is 17.8 Å². The van der Waals surface area contributed by atoms with Crippen LogP contribution in [0.2, 0.25) is 5.02 Å². The average Bonchev–Trinajstić information content (AvgIpc) is 2.58. The highest BCUT2D eigenvalue weighted by Crippen LogP contribution is 2.38. The molecule has 0 atom stereocenters. The number of nitrogens with two attached hydrogens (primary N) is 1. The Morgan fingerprint density at radius 1 is 1.30 bits per heavy atom. The molecule has 0 heterocycles. The third-order valence-corrected chi connectivity index (χ3v) is 4.74. The summed E-state index contributed by atoms with van der Waals surface area (Å²) in [7, 11) is -4.11. The van der Waals surface area contributed by atoms with Gasteiger partial charge in [0.15, 0.2) is 5.75 Å². The van der Waals surface area contributed by atoms with Crippen LogP contribution in [0.4, 0.5) is 4.79 Å². The predicted molar refractivity (Wildman–Crippen MR) is 102 cm³/mol. The highest BCUT2D eigenvalue weighted by atomic mass is 35.5. The van der Waals surface area contributed by atoms with Crippen LogP contribution in [0.3, 0.4) is 0 Å². The van der Waals surface area contributed by atoms with E-state index in [1.54, 1.807) is 19.1 Å². The third-order valence-electron chi connectivity index (χ3n) is 3.22. The van der Waals surface area contributed by atoms with E-state index in [-0.39, 0.29) is 28.0 Å². The van der Waals surface area contributed by atoms with Gasteiger partial charge < -0.3 is 14.7 Å². The van der Waals surface area contributed by atoms with Crippen LogP contribution >= 0.6 is 11.6 Å². The first-order valence-electron chi connectivity index (χ1n) is 7.79. The molecule has 0 aliphatic carbocycles. The van der Waals surface area contributed by atoms with Crippen molar-refractivity contribution in [2.45, 2.75) is 18.7 Å². The number of nitrogens with zero attached hydrogens (tertiary/aromatic N) is 1. The van der Waals surface area contributed by atoms with Crippen LogP contribution in [-0.4, -0.2) is 27.3 Å². The zero-order chi connectivity index (χ0) is 20.0. The summed E-state index contributed by atoms with van der Waals surface area (Å²) in [4.78, 5) is 10.6. The van der Waals surface area contributed by atoms with Crippen molar-refractivity contribution in [3.05, 3.63) is 52.5 Å². The van der Waals surface area contributed by atoms with E-state index in [0.29, 0.717) is 5.56 Å². The second-order valence-corrected chi connectivity index (χ2v) is 7.30. The van der Waals surface area contributed by atoms with Gasteiger partial charge in [0.1, 0.15) is 4.90 Å². The molecule has 3 N–H and O–H groups in total. The number of amides is 2. The Morgan fingerprint density at radius 3 is 2.56 bits per heavy atom. The molecule has 144 valence electrons. The van der Waals surface area contributed by atoms with E-state index in [1.165, 1.54) is 30.5 Å². The number of hydrogen-bond donors (Lipinski definition) is 2. The number of rotatable bonds is 7. The predicted octanol–water partition coefficient (Wildman–Crippen LogP) is 2.82. The number of primary amides is 1. The summed E-state index contributed by atoms with van der Waals surface area (Å²) < 4.78 is 35.7. The number of hydrazone groups is 1. The third kappa shape index (κ3) is 5.60. The van der Waals surface area contributed by atoms with Gasteiger partial charge in [-0.2, -0.15) is 13.5 Å². The zero-order valence-corrected chi connectivity index (χ0v) is 16.2. The Hall–Kier alpha value is -2.78. The van der Waals surface area contributed by atoms with Gasteiger partial charge in [-0.05, 0) is 43.7 Å². The number of carbonyl (C=O) groups excluding carboxylic acids is 1. The van der Waals surface area contributed by atoms with Gasteiger partial charge in [-0.25, -0.2) is 10.2 Å². The van der Waals surface area contributed by atoms with Crippen LogP contribution in [0.15, 0.2) is 46.4 Å². The van der Waals surface area contributed by atoms with Gasteiger partial charge in [-0.3, -0.25) is 0 Å². The highest BCUT2D eigenvalue weighted by molar-refractivity contribution is 7.87. The lowest BCUT2D eigenvalue weighted by Gasteiger charge is -2.14. The summed E-state index contributed by atoms with van der Waals surface area (Å²) in [6.07, 6.45) is 1.28. The number of nitrogens with one attached hydrogen (secondary N) is 1. The molecule has 2 aromatic carbocycles. The molecule has 10 heteroatoms. The maximum Gasteiger partial charge on any atom is 0.339 e. The minimum absolute atomic E-state index is 0.00263. The molecule has 0 aromatic heterocycles. The molecular weight excluding hydrogens is 394 g/mol. The molecule has 0 spiro atoms. The fourth-order valence-electron chi connectivity index (χ4n) is 2.04. The lowest BCUT2D eigenvalue weighted by atomic mass is 10.2. The summed E-state index contributed by atoms with van der Waals surface area (Å²) in [6.45, 7) is 3.81. The first-order valence-corrected chi connectivity index (χ1v) is 9.57. The Bertz CT molecular complexity index is 959. The quantitative estimate of drug-likeness (QED) is 0.412. The Kier molecular flexibility index (Phi) is 6.65. The maximum absolute atomic E-state index is 12.5. The van der Waals surface area contributed by atoms with Crippen molar-refractivity contribution in [2.24, 2.45) is 10.8 Å². The number of urea groups is 1. The highest BCUT2D eigenvalue weighted by Gasteiger charge is 2.22. The number of carbonyl (C=O) groups is 1. The van der Waals surface area contributed by atoms with Crippen molar-refractivity contribution in [3.8, 4) is 11.5 Å². The number of halogens is 1. The van der Waals surface area contributed by atoms with Crippen molar-refractivity contribution in [3.63, 3.8) is 0 Å². The van der Waals surface area contributed by atoms with Gasteiger partial charge in [-0.1, -0.05) is 29.3 Å². The second kappa shape index (κ2) is 8.74. The second-order valence-electron chi connectivity index (χ2n) is 5.35. The Morgan fingerprint density at radius 2 is 1.96 bits per heavy atom. The zero-order valence-electron chi connectivity index (χ0n) is 14.6. The topological polar surface area (TPSA) is 120 Å². The van der Waals surface area contributed by atoms with Crippen LogP contribution in [-0.2, 0) is 10.1 Å². The van der Waals surface area contributed by atoms with Crippen LogP contribution in [0.25, 0.3) is 0 Å². The maximum atomic E-state index is 12.5. The average molecular weight is 412 g/mol. The molecule has 0 saturated heterocycles. The minimum atomic E-state index is -4.11. The van der Waals surface area contributed by atoms with Crippen molar-refractivity contribution in [2.75, 3.05) is 6.61 Å². The fraction of sp³-hybridized carbons (Fsp3) is 0.176. The van der Waals surface area contributed by atoms with E-state index < -0.39 is 16.1 Å². The van der Waals surface area contributed by atoms with E-state index in [0.717, 1.165) is 5.56 Å². The monoisotopic (exact) mass is 411 g/mol. The van der Waals surface area contributed by atoms with Crippen molar-refractivity contribution in [1.82, 2.24) is 5.43 Å². The summed E-state index contributed by atoms with van der Waals surface area (Å²) in [6, 6.07) is 8.26. The van der Waals surface area contributed by atoms with Crippen LogP contribution in [0.5, 0.6) is 11.5 Å². The molecular formula is C17H18ClN3O5S. The molecule has 0 radical (unpaired) electrons. The van der Waals surface area contributed by atoms with Gasteiger partial charge >= 0.3 is 16.1 Å². The minimum Gasteiger partial charge on any atom is -0.490 e. The summed E-state index contributed by atoms with van der Waals surface area (Å²) in [5.74, 6) is -0.0275. The Balaban J connectivity index is 2.38. The largest absolute Gasteiger partial charge is 0.490 e. The van der Waals surface area contributed by atoms with Gasteiger partial charge in [0.25, 0.3) is 0 Å². The van der Waals surface area contributed by atoms with E-state index >= 15 is 0 Å². The molecule has 0 fully saturated rings. The van der Waals surface area contributed by atoms with Crippen molar-refractivity contribution < 1.29 is 22.1 Å². The first kappa shape index (κ1) is 20.5. The van der Waals surface area contributed by atoms with Crippen molar-refractivity contribution >= 4 is 34.0 Å². The SMILES string of the molecule is CCOc1cc(/C=N\NC(N)=O)cc(Cl)c1OS(=O)(=O)c1ccc(C)cc1. The molecule has 0 saturated carbocycles. The molecule has 2 rings (SSSR count). The summed E-state index contributed by atoms with van der Waals surface area (Å²) in [5, 5.41) is 3.62. The molecule has 0 unspecified atom stereocenters. The molecule has 8 nitrogen and oxygen atoms in total. The van der Waals surface area contributed by atoms with Gasteiger partial charge in [-0.15, -0.1) is 0 Å². The number of ether oxygens (including phenoxy) is 1. The van der Waals surface area contributed by atoms with Gasteiger partial charge in [0.2, 0.25) is 5.75 Å². The smallest absolute Gasteiger partial charge is 0.339 e. The number of hydrogen-bond acceptors (Lipinski definition) is 6. The van der Waals surface area contributed by atoms with Crippen LogP contribution < -0.4 is 20.1 Å². The molecule has 2 aromatic rings. The molecule has 27 heavy (non-hydrogen) atoms. The molecule has 0 aliphatic rings. The van der Waals surface area contributed by atoms with Gasteiger partial charge in [0, 0.05) is 0 Å². The number of benzene rings is 2. The first-order chi connectivity index (χ1) is 12.7. The van der Waals surface area contributed by atoms with Crippen molar-refractivity contribution in [1.29, 1.82) is 0 Å². The number of aryl methyl sites for hydroxylation is 1. The summed E-state index contributed by atoms with van der Waals surface area (Å²) in [5.41, 5.74) is 8.32. The van der Waals surface area contributed by atoms with E-state index in [9.17, 15) is 13.2 Å². The normalized spacial score (nSPS) is 11.4. The lowest BCUT2D eigenvalue weighted by Crippen LogP contribution is -2.24. The van der Waals surface area contributed by atoms with Crippen LogP contribution in [0.1, 0.15) is 18.1 Å². The van der Waals surface area contributed by atoms with E-state index in [1.807, 2.05) is 12.3 Å². The molecule has 0 aliphatic heterocycles.